The molecule has 12 heteroatoms. The Morgan fingerprint density at radius 1 is 0.931 bits per heavy atom. The summed E-state index contributed by atoms with van der Waals surface area (Å²) in [6.07, 6.45) is 1.21. The molecule has 0 aromatic heterocycles. The number of benzene rings is 2. The van der Waals surface area contributed by atoms with E-state index in [9.17, 15) is 21.6 Å². The third-order valence-electron chi connectivity index (χ3n) is 3.61. The normalized spacial score (nSPS) is 12.1. The Bertz CT molecular complexity index is 1180. The van der Waals surface area contributed by atoms with E-state index in [2.05, 4.69) is 10.6 Å². The van der Waals surface area contributed by atoms with E-state index in [0.29, 0.717) is 5.56 Å². The molecule has 2 aromatic rings. The first kappa shape index (κ1) is 22.1. The zero-order valence-corrected chi connectivity index (χ0v) is 16.5. The summed E-state index contributed by atoms with van der Waals surface area (Å²) in [4.78, 5) is 12.0. The van der Waals surface area contributed by atoms with E-state index in [0.717, 1.165) is 0 Å². The van der Waals surface area contributed by atoms with Gasteiger partial charge in [0.25, 0.3) is 5.91 Å². The number of carbonyl (C=O) groups is 1. The van der Waals surface area contributed by atoms with Crippen LogP contribution >= 0.6 is 0 Å². The predicted octanol–water partition coefficient (Wildman–Crippen LogP) is 0.117. The molecule has 152 valence electrons. The predicted molar refractivity (Wildman–Crippen MR) is 105 cm³/mol. The fraction of sp³-hybridized carbons (Fsp3) is 0.0588. The number of nitriles is 1. The summed E-state index contributed by atoms with van der Waals surface area (Å²) < 4.78 is 44.9. The highest BCUT2D eigenvalue weighted by atomic mass is 32.2. The summed E-state index contributed by atoms with van der Waals surface area (Å²) in [5.41, 5.74) is 0.758. The van der Waals surface area contributed by atoms with Crippen LogP contribution in [0.25, 0.3) is 0 Å². The quantitative estimate of drug-likeness (QED) is 0.351. The molecule has 0 unspecified atom stereocenters. The molecule has 0 saturated heterocycles. The summed E-state index contributed by atoms with van der Waals surface area (Å²) in [7, 11) is -7.62. The number of hydrogen-bond acceptors (Lipinski definition) is 7. The number of nitrogens with zero attached hydrogens (tertiary/aromatic N) is 1. The third kappa shape index (κ3) is 6.40. The van der Waals surface area contributed by atoms with E-state index < -0.39 is 26.0 Å². The molecule has 10 nitrogen and oxygen atoms in total. The van der Waals surface area contributed by atoms with Crippen LogP contribution in [0, 0.1) is 11.3 Å². The Morgan fingerprint density at radius 2 is 1.41 bits per heavy atom. The van der Waals surface area contributed by atoms with Crippen LogP contribution in [0.1, 0.15) is 5.56 Å². The van der Waals surface area contributed by atoms with Gasteiger partial charge in [-0.05, 0) is 42.0 Å². The molecule has 29 heavy (non-hydrogen) atoms. The lowest BCUT2D eigenvalue weighted by Crippen LogP contribution is -2.17. The molecule has 0 heterocycles. The third-order valence-corrected chi connectivity index (χ3v) is 5.47. The molecule has 0 fully saturated rings. The van der Waals surface area contributed by atoms with E-state index in [1.165, 1.54) is 42.6 Å². The van der Waals surface area contributed by atoms with Crippen LogP contribution in [0.4, 0.5) is 5.69 Å². The van der Waals surface area contributed by atoms with Gasteiger partial charge in [-0.25, -0.2) is 27.1 Å². The van der Waals surface area contributed by atoms with Crippen LogP contribution in [0.2, 0.25) is 0 Å². The highest BCUT2D eigenvalue weighted by molar-refractivity contribution is 7.89. The van der Waals surface area contributed by atoms with Crippen molar-refractivity contribution < 1.29 is 21.6 Å². The van der Waals surface area contributed by atoms with Gasteiger partial charge >= 0.3 is 0 Å². The average molecular weight is 435 g/mol. The molecule has 2 aromatic carbocycles. The second-order valence-electron chi connectivity index (χ2n) is 5.76. The maximum absolute atomic E-state index is 12.2. The highest BCUT2D eigenvalue weighted by Gasteiger charge is 2.11. The Morgan fingerprint density at radius 3 is 1.86 bits per heavy atom. The van der Waals surface area contributed by atoms with Gasteiger partial charge in [0, 0.05) is 18.4 Å². The number of nitrogens with two attached hydrogens (primary N) is 2. The van der Waals surface area contributed by atoms with Crippen LogP contribution in [0.5, 0.6) is 0 Å². The van der Waals surface area contributed by atoms with Crippen molar-refractivity contribution in [1.29, 1.82) is 5.26 Å². The Kier molecular flexibility index (Phi) is 6.72. The van der Waals surface area contributed by atoms with Gasteiger partial charge in [-0.1, -0.05) is 12.1 Å². The number of carbonyl (C=O) groups excluding carboxylic acids is 1. The molecule has 0 aliphatic rings. The molecule has 0 bridgehead atoms. The summed E-state index contributed by atoms with van der Waals surface area (Å²) in [6.45, 7) is 0.229. The van der Waals surface area contributed by atoms with E-state index in [1.54, 1.807) is 18.2 Å². The second-order valence-corrected chi connectivity index (χ2v) is 8.89. The molecular formula is C17H17N5O5S2. The molecular weight excluding hydrogens is 418 g/mol. The highest BCUT2D eigenvalue weighted by Crippen LogP contribution is 2.13. The van der Waals surface area contributed by atoms with Gasteiger partial charge in [0.15, 0.2) is 0 Å². The zero-order valence-electron chi connectivity index (χ0n) is 14.9. The summed E-state index contributed by atoms with van der Waals surface area (Å²) in [5.74, 6) is -0.701. The first-order chi connectivity index (χ1) is 13.5. The van der Waals surface area contributed by atoms with Gasteiger partial charge in [0.2, 0.25) is 20.0 Å². The lowest BCUT2D eigenvalue weighted by Gasteiger charge is -2.06. The SMILES string of the molecule is N#C/C(=C/NCc1ccc(S(N)(=O)=O)cc1)C(=O)Nc1ccc(S(N)(=O)=O)cc1. The molecule has 0 radical (unpaired) electrons. The minimum Gasteiger partial charge on any atom is -0.386 e. The van der Waals surface area contributed by atoms with Crippen molar-refractivity contribution in [2.45, 2.75) is 16.3 Å². The van der Waals surface area contributed by atoms with Crippen molar-refractivity contribution in [2.24, 2.45) is 10.3 Å². The second kappa shape index (κ2) is 8.84. The average Bonchev–Trinajstić information content (AvgIpc) is 2.64. The fourth-order valence-corrected chi connectivity index (χ4v) is 3.17. The molecule has 6 N–H and O–H groups in total. The van der Waals surface area contributed by atoms with Crippen molar-refractivity contribution in [3.8, 4) is 6.07 Å². The minimum atomic E-state index is -3.85. The lowest BCUT2D eigenvalue weighted by molar-refractivity contribution is -0.112. The molecule has 0 aliphatic carbocycles. The van der Waals surface area contributed by atoms with E-state index >= 15 is 0 Å². The molecule has 0 spiro atoms. The number of primary sulfonamides is 2. The van der Waals surface area contributed by atoms with Crippen molar-refractivity contribution >= 4 is 31.6 Å². The van der Waals surface area contributed by atoms with E-state index in [-0.39, 0.29) is 27.6 Å². The molecule has 2 rings (SSSR count). The zero-order chi connectivity index (χ0) is 21.7. The molecule has 1 amide bonds. The van der Waals surface area contributed by atoms with Gasteiger partial charge in [-0.3, -0.25) is 4.79 Å². The lowest BCUT2D eigenvalue weighted by atomic mass is 10.2. The molecule has 0 aliphatic heterocycles. The number of hydrogen-bond donors (Lipinski definition) is 4. The van der Waals surface area contributed by atoms with Crippen LogP contribution in [-0.2, 0) is 31.4 Å². The maximum atomic E-state index is 12.2. The molecule has 0 atom stereocenters. The number of rotatable bonds is 7. The first-order valence-electron chi connectivity index (χ1n) is 7.90. The van der Waals surface area contributed by atoms with Gasteiger partial charge in [-0.2, -0.15) is 5.26 Å². The van der Waals surface area contributed by atoms with Gasteiger partial charge in [0.1, 0.15) is 11.6 Å². The van der Waals surface area contributed by atoms with Crippen LogP contribution in [-0.4, -0.2) is 22.7 Å². The largest absolute Gasteiger partial charge is 0.386 e. The summed E-state index contributed by atoms with van der Waals surface area (Å²) >= 11 is 0. The van der Waals surface area contributed by atoms with Gasteiger partial charge < -0.3 is 10.6 Å². The van der Waals surface area contributed by atoms with Crippen molar-refractivity contribution in [3.63, 3.8) is 0 Å². The van der Waals surface area contributed by atoms with Gasteiger partial charge in [0.05, 0.1) is 9.79 Å². The standard InChI is InChI=1S/C17H17N5O5S2/c18-9-13(11-21-10-12-1-5-15(6-2-12)28(19,24)25)17(23)22-14-3-7-16(8-4-14)29(20,26)27/h1-8,11,21H,10H2,(H,22,23)(H2,19,24,25)(H2,20,26,27)/b13-11-. The van der Waals surface area contributed by atoms with Gasteiger partial charge in [-0.15, -0.1) is 0 Å². The Balaban J connectivity index is 2.00. The van der Waals surface area contributed by atoms with Crippen LogP contribution < -0.4 is 20.9 Å². The Labute approximate surface area is 167 Å². The van der Waals surface area contributed by atoms with Crippen molar-refractivity contribution in [1.82, 2.24) is 5.32 Å². The topological polar surface area (TPSA) is 185 Å². The van der Waals surface area contributed by atoms with Crippen LogP contribution in [0.15, 0.2) is 70.1 Å². The van der Waals surface area contributed by atoms with Crippen molar-refractivity contribution in [2.75, 3.05) is 5.32 Å². The number of sulfonamides is 2. The maximum Gasteiger partial charge on any atom is 0.267 e. The smallest absolute Gasteiger partial charge is 0.267 e. The number of anilines is 1. The fourth-order valence-electron chi connectivity index (χ4n) is 2.14. The molecule has 0 saturated carbocycles. The number of amides is 1. The summed E-state index contributed by atoms with van der Waals surface area (Å²) in [6, 6.07) is 12.7. The van der Waals surface area contributed by atoms with Crippen molar-refractivity contribution in [3.05, 3.63) is 65.9 Å². The van der Waals surface area contributed by atoms with E-state index in [4.69, 9.17) is 15.5 Å². The monoisotopic (exact) mass is 435 g/mol. The van der Waals surface area contributed by atoms with E-state index in [1.807, 2.05) is 0 Å². The number of nitrogens with one attached hydrogen (secondary N) is 2. The summed E-state index contributed by atoms with van der Waals surface area (Å²) in [5, 5.41) is 24.4. The minimum absolute atomic E-state index is 0.0256. The first-order valence-corrected chi connectivity index (χ1v) is 11.0. The van der Waals surface area contributed by atoms with Crippen LogP contribution in [0.3, 0.4) is 0 Å². The Hall–Kier alpha value is -3.24.